The van der Waals surface area contributed by atoms with E-state index in [0.717, 1.165) is 25.9 Å². The third-order valence-corrected chi connectivity index (χ3v) is 3.02. The Morgan fingerprint density at radius 3 is 2.78 bits per heavy atom. The maximum atomic E-state index is 11.9. The maximum absolute atomic E-state index is 11.9. The third-order valence-electron chi connectivity index (χ3n) is 3.02. The first-order valence-corrected chi connectivity index (χ1v) is 6.19. The Labute approximate surface area is 114 Å². The molecule has 0 saturated carbocycles. The molecule has 1 atom stereocenters. The minimum Gasteiger partial charge on any atom is -0.387 e. The first-order chi connectivity index (χ1) is 7.90. The summed E-state index contributed by atoms with van der Waals surface area (Å²) < 4.78 is 0. The summed E-state index contributed by atoms with van der Waals surface area (Å²) in [5.74, 6) is -0.111. The molecule has 0 aliphatic carbocycles. The summed E-state index contributed by atoms with van der Waals surface area (Å²) in [7, 11) is 0. The van der Waals surface area contributed by atoms with Crippen LogP contribution in [0.4, 0.5) is 0 Å². The SMILES string of the molecule is CC(C)(C)NC(=O)C1=NOC2(CCCNC2)C1.Cl. The van der Waals surface area contributed by atoms with Gasteiger partial charge in [0, 0.05) is 18.5 Å². The van der Waals surface area contributed by atoms with Gasteiger partial charge in [-0.15, -0.1) is 12.4 Å². The van der Waals surface area contributed by atoms with Crippen LogP contribution in [0.2, 0.25) is 0 Å². The van der Waals surface area contributed by atoms with Crippen LogP contribution < -0.4 is 10.6 Å². The molecule has 1 spiro atoms. The van der Waals surface area contributed by atoms with Crippen LogP contribution in [0.15, 0.2) is 5.16 Å². The van der Waals surface area contributed by atoms with Crippen LogP contribution in [0.5, 0.6) is 0 Å². The van der Waals surface area contributed by atoms with Crippen molar-refractivity contribution in [3.05, 3.63) is 0 Å². The minimum atomic E-state index is -0.275. The molecule has 5 nitrogen and oxygen atoms in total. The van der Waals surface area contributed by atoms with E-state index in [1.807, 2.05) is 20.8 Å². The maximum Gasteiger partial charge on any atom is 0.269 e. The highest BCUT2D eigenvalue weighted by molar-refractivity contribution is 6.39. The van der Waals surface area contributed by atoms with E-state index in [1.165, 1.54) is 0 Å². The Morgan fingerprint density at radius 2 is 2.22 bits per heavy atom. The fourth-order valence-corrected chi connectivity index (χ4v) is 2.23. The van der Waals surface area contributed by atoms with Crippen molar-refractivity contribution in [2.75, 3.05) is 13.1 Å². The fourth-order valence-electron chi connectivity index (χ4n) is 2.23. The molecular formula is C12H22ClN3O2. The standard InChI is InChI=1S/C12H21N3O2.ClH/c1-11(2,3)14-10(16)9-7-12(17-15-9)5-4-6-13-8-12;/h13H,4-8H2,1-3H3,(H,14,16);1H. The Kier molecular flexibility index (Phi) is 4.61. The predicted octanol–water partition coefficient (Wildman–Crippen LogP) is 1.22. The van der Waals surface area contributed by atoms with E-state index in [-0.39, 0.29) is 29.5 Å². The molecule has 2 aliphatic rings. The van der Waals surface area contributed by atoms with Crippen LogP contribution in [-0.4, -0.2) is 35.8 Å². The molecule has 6 heteroatoms. The van der Waals surface area contributed by atoms with E-state index in [1.54, 1.807) is 0 Å². The van der Waals surface area contributed by atoms with Crippen molar-refractivity contribution < 1.29 is 9.63 Å². The number of hydrogen-bond donors (Lipinski definition) is 2. The molecule has 2 rings (SSSR count). The first-order valence-electron chi connectivity index (χ1n) is 6.19. The van der Waals surface area contributed by atoms with Gasteiger partial charge < -0.3 is 15.5 Å². The topological polar surface area (TPSA) is 62.7 Å². The van der Waals surface area contributed by atoms with Gasteiger partial charge in [-0.05, 0) is 40.2 Å². The van der Waals surface area contributed by atoms with Crippen molar-refractivity contribution in [2.24, 2.45) is 5.16 Å². The summed E-state index contributed by atoms with van der Waals surface area (Å²) in [4.78, 5) is 17.4. The van der Waals surface area contributed by atoms with E-state index >= 15 is 0 Å². The number of rotatable bonds is 1. The number of hydrogen-bond acceptors (Lipinski definition) is 4. The van der Waals surface area contributed by atoms with Gasteiger partial charge in [0.15, 0.2) is 5.60 Å². The number of oxime groups is 1. The van der Waals surface area contributed by atoms with Crippen molar-refractivity contribution in [3.63, 3.8) is 0 Å². The predicted molar refractivity (Wildman–Crippen MR) is 73.1 cm³/mol. The number of amides is 1. The average molecular weight is 276 g/mol. The lowest BCUT2D eigenvalue weighted by atomic mass is 9.89. The van der Waals surface area contributed by atoms with Gasteiger partial charge in [0.1, 0.15) is 5.71 Å². The first kappa shape index (κ1) is 15.2. The molecule has 0 bridgehead atoms. The zero-order valence-electron chi connectivity index (χ0n) is 11.2. The number of carbonyl (C=O) groups excluding carboxylic acids is 1. The van der Waals surface area contributed by atoms with Crippen LogP contribution in [-0.2, 0) is 9.63 Å². The quantitative estimate of drug-likeness (QED) is 0.756. The molecule has 0 radical (unpaired) electrons. The zero-order chi connectivity index (χ0) is 12.5. The van der Waals surface area contributed by atoms with E-state index < -0.39 is 0 Å². The summed E-state index contributed by atoms with van der Waals surface area (Å²) in [6.07, 6.45) is 2.65. The van der Waals surface area contributed by atoms with Gasteiger partial charge in [0.05, 0.1) is 0 Å². The molecule has 0 aromatic heterocycles. The molecule has 0 aromatic rings. The fraction of sp³-hybridized carbons (Fsp3) is 0.833. The largest absolute Gasteiger partial charge is 0.387 e. The molecule has 1 saturated heterocycles. The third kappa shape index (κ3) is 3.59. The summed E-state index contributed by atoms with van der Waals surface area (Å²) in [5.41, 5.74) is 0.00631. The van der Waals surface area contributed by atoms with Gasteiger partial charge in [0.25, 0.3) is 5.91 Å². The lowest BCUT2D eigenvalue weighted by Crippen LogP contribution is -2.48. The average Bonchev–Trinajstić information content (AvgIpc) is 2.61. The van der Waals surface area contributed by atoms with E-state index in [0.29, 0.717) is 12.1 Å². The molecule has 18 heavy (non-hydrogen) atoms. The van der Waals surface area contributed by atoms with Crippen molar-refractivity contribution in [1.29, 1.82) is 0 Å². The van der Waals surface area contributed by atoms with E-state index in [2.05, 4.69) is 15.8 Å². The molecule has 2 N–H and O–H groups in total. The number of halogens is 1. The Morgan fingerprint density at radius 1 is 1.50 bits per heavy atom. The Bertz CT molecular complexity index is 344. The van der Waals surface area contributed by atoms with Gasteiger partial charge in [-0.1, -0.05) is 5.16 Å². The molecule has 1 unspecified atom stereocenters. The highest BCUT2D eigenvalue weighted by atomic mass is 35.5. The van der Waals surface area contributed by atoms with Crippen LogP contribution in [0, 0.1) is 0 Å². The van der Waals surface area contributed by atoms with Gasteiger partial charge in [-0.2, -0.15) is 0 Å². The van der Waals surface area contributed by atoms with Crippen molar-refractivity contribution in [2.45, 2.75) is 51.2 Å². The smallest absolute Gasteiger partial charge is 0.269 e. The van der Waals surface area contributed by atoms with Crippen LogP contribution in [0.25, 0.3) is 0 Å². The molecule has 2 aliphatic heterocycles. The highest BCUT2D eigenvalue weighted by Crippen LogP contribution is 2.30. The summed E-state index contributed by atoms with van der Waals surface area (Å²) in [5, 5.41) is 10.2. The second-order valence-corrected chi connectivity index (χ2v) is 5.97. The number of nitrogens with one attached hydrogen (secondary N) is 2. The summed E-state index contributed by atoms with van der Waals surface area (Å²) in [6.45, 7) is 7.68. The van der Waals surface area contributed by atoms with Crippen molar-refractivity contribution in [3.8, 4) is 0 Å². The van der Waals surface area contributed by atoms with E-state index in [4.69, 9.17) is 4.84 Å². The van der Waals surface area contributed by atoms with Gasteiger partial charge >= 0.3 is 0 Å². The number of piperidine rings is 1. The van der Waals surface area contributed by atoms with Gasteiger partial charge in [-0.25, -0.2) is 0 Å². The normalized spacial score (nSPS) is 27.2. The van der Waals surface area contributed by atoms with Crippen LogP contribution in [0.1, 0.15) is 40.0 Å². The van der Waals surface area contributed by atoms with Crippen molar-refractivity contribution >= 4 is 24.0 Å². The highest BCUT2D eigenvalue weighted by Gasteiger charge is 2.42. The lowest BCUT2D eigenvalue weighted by molar-refractivity contribution is -0.116. The Hall–Kier alpha value is -0.810. The summed E-state index contributed by atoms with van der Waals surface area (Å²) >= 11 is 0. The molecule has 0 aromatic carbocycles. The van der Waals surface area contributed by atoms with Crippen LogP contribution in [0.3, 0.4) is 0 Å². The summed E-state index contributed by atoms with van der Waals surface area (Å²) in [6, 6.07) is 0. The van der Waals surface area contributed by atoms with Crippen LogP contribution >= 0.6 is 12.4 Å². The Balaban J connectivity index is 0.00000162. The minimum absolute atomic E-state index is 0. The molecule has 1 amide bonds. The molecule has 2 heterocycles. The molecular weight excluding hydrogens is 254 g/mol. The second-order valence-electron chi connectivity index (χ2n) is 5.97. The lowest BCUT2D eigenvalue weighted by Gasteiger charge is -2.31. The van der Waals surface area contributed by atoms with Gasteiger partial charge in [-0.3, -0.25) is 4.79 Å². The molecule has 1 fully saturated rings. The molecule has 104 valence electrons. The van der Waals surface area contributed by atoms with E-state index in [9.17, 15) is 4.79 Å². The van der Waals surface area contributed by atoms with Crippen molar-refractivity contribution in [1.82, 2.24) is 10.6 Å². The zero-order valence-corrected chi connectivity index (χ0v) is 12.0. The number of carbonyl (C=O) groups is 1. The number of nitrogens with zero attached hydrogens (tertiary/aromatic N) is 1. The van der Waals surface area contributed by atoms with Gasteiger partial charge in [0.2, 0.25) is 0 Å². The monoisotopic (exact) mass is 275 g/mol. The second kappa shape index (κ2) is 5.45.